The Bertz CT molecular complexity index is 947. The molecule has 0 saturated carbocycles. The van der Waals surface area contributed by atoms with Gasteiger partial charge in [0.05, 0.1) is 17.6 Å². The Hall–Kier alpha value is -3.22. The lowest BCUT2D eigenvalue weighted by Crippen LogP contribution is -2.31. The molecule has 1 atom stereocenters. The predicted molar refractivity (Wildman–Crippen MR) is 92.4 cm³/mol. The molecule has 4 N–H and O–H groups in total. The number of rotatable bonds is 3. The maximum Gasteiger partial charge on any atom is 0.212 e. The van der Waals surface area contributed by atoms with E-state index in [1.165, 1.54) is 0 Å². The molecule has 4 rings (SSSR count). The van der Waals surface area contributed by atoms with Crippen LogP contribution in [0, 0.1) is 0 Å². The normalized spacial score (nSPS) is 16.4. The average Bonchev–Trinajstić information content (AvgIpc) is 2.94. The van der Waals surface area contributed by atoms with Gasteiger partial charge in [-0.15, -0.1) is 0 Å². The largest absolute Gasteiger partial charge is 0.504 e. The number of aromatic hydroxyl groups is 1. The van der Waals surface area contributed by atoms with E-state index in [2.05, 4.69) is 15.3 Å². The highest BCUT2D eigenvalue weighted by Gasteiger charge is 2.27. The second kappa shape index (κ2) is 5.45. The van der Waals surface area contributed by atoms with Crippen LogP contribution < -0.4 is 15.8 Å². The summed E-state index contributed by atoms with van der Waals surface area (Å²) in [4.78, 5) is 9.01. The Balaban J connectivity index is 1.93. The van der Waals surface area contributed by atoms with Crippen LogP contribution in [-0.2, 0) is 0 Å². The first-order valence-corrected chi connectivity index (χ1v) is 7.71. The lowest BCUT2D eigenvalue weighted by atomic mass is 10.1. The molecule has 0 amide bonds. The Morgan fingerprint density at radius 1 is 1.25 bits per heavy atom. The number of hydrogen-bond acceptors (Lipinski definition) is 6. The summed E-state index contributed by atoms with van der Waals surface area (Å²) in [7, 11) is 0. The molecule has 7 heteroatoms. The number of anilines is 1. The summed E-state index contributed by atoms with van der Waals surface area (Å²) in [6, 6.07) is 13.1. The Morgan fingerprint density at radius 3 is 2.92 bits per heavy atom. The zero-order valence-corrected chi connectivity index (χ0v) is 13.1. The number of nitrogens with one attached hydrogen (secondary N) is 1. The quantitative estimate of drug-likeness (QED) is 0.688. The van der Waals surface area contributed by atoms with Crippen molar-refractivity contribution in [2.45, 2.75) is 13.1 Å². The molecule has 0 fully saturated rings. The number of nitrogens with two attached hydrogens (primary N) is 1. The number of hydrogen-bond donors (Lipinski definition) is 3. The summed E-state index contributed by atoms with van der Waals surface area (Å²) in [6.45, 7) is 2.34. The van der Waals surface area contributed by atoms with Gasteiger partial charge >= 0.3 is 0 Å². The molecular weight excluding hydrogens is 306 g/mol. The Kier molecular flexibility index (Phi) is 3.26. The van der Waals surface area contributed by atoms with Gasteiger partial charge in [-0.05, 0) is 25.1 Å². The first kappa shape index (κ1) is 14.4. The summed E-state index contributed by atoms with van der Waals surface area (Å²) in [6.07, 6.45) is -0.519. The summed E-state index contributed by atoms with van der Waals surface area (Å²) >= 11 is 0. The first-order chi connectivity index (χ1) is 11.7. The minimum Gasteiger partial charge on any atom is -0.504 e. The third-order valence-electron chi connectivity index (χ3n) is 3.95. The second-order valence-corrected chi connectivity index (χ2v) is 5.43. The minimum absolute atomic E-state index is 0.0616. The van der Waals surface area contributed by atoms with Crippen LogP contribution in [0.3, 0.4) is 0 Å². The maximum absolute atomic E-state index is 10.6. The number of phenolic OH excluding ortho intramolecular Hbond substituents is 1. The number of benzene rings is 2. The third kappa shape index (κ3) is 2.13. The van der Waals surface area contributed by atoms with Crippen molar-refractivity contribution in [2.24, 2.45) is 10.7 Å². The number of imidazole rings is 1. The predicted octanol–water partition coefficient (Wildman–Crippen LogP) is 2.43. The van der Waals surface area contributed by atoms with Crippen LogP contribution in [0.25, 0.3) is 11.0 Å². The number of nitrogens with zero attached hydrogens (tertiary/aromatic N) is 3. The van der Waals surface area contributed by atoms with E-state index in [0.717, 1.165) is 11.0 Å². The molecule has 7 nitrogen and oxygen atoms in total. The van der Waals surface area contributed by atoms with Crippen molar-refractivity contribution < 1.29 is 9.84 Å². The molecule has 122 valence electrons. The summed E-state index contributed by atoms with van der Waals surface area (Å²) in [5.74, 6) is 1.33. The fourth-order valence-corrected chi connectivity index (χ4v) is 2.94. The second-order valence-electron chi connectivity index (χ2n) is 5.43. The molecular formula is C17H17N5O2. The van der Waals surface area contributed by atoms with Gasteiger partial charge in [0.2, 0.25) is 5.95 Å². The monoisotopic (exact) mass is 323 g/mol. The van der Waals surface area contributed by atoms with Crippen LogP contribution in [0.5, 0.6) is 11.5 Å². The van der Waals surface area contributed by atoms with Crippen molar-refractivity contribution >= 4 is 22.9 Å². The zero-order chi connectivity index (χ0) is 16.7. The number of aliphatic imine (C=N–C) groups is 1. The van der Waals surface area contributed by atoms with Crippen LogP contribution in [0.1, 0.15) is 18.7 Å². The molecule has 2 aromatic carbocycles. The van der Waals surface area contributed by atoms with Gasteiger partial charge in [-0.25, -0.2) is 9.98 Å². The van der Waals surface area contributed by atoms with Crippen LogP contribution >= 0.6 is 0 Å². The van der Waals surface area contributed by atoms with Crippen molar-refractivity contribution in [3.63, 3.8) is 0 Å². The highest BCUT2D eigenvalue weighted by molar-refractivity contribution is 5.94. The van der Waals surface area contributed by atoms with E-state index in [1.54, 1.807) is 6.07 Å². The number of guanidine groups is 1. The van der Waals surface area contributed by atoms with Crippen molar-refractivity contribution in [2.75, 3.05) is 11.9 Å². The van der Waals surface area contributed by atoms with Gasteiger partial charge < -0.3 is 15.6 Å². The van der Waals surface area contributed by atoms with Crippen LogP contribution in [-0.4, -0.2) is 27.2 Å². The van der Waals surface area contributed by atoms with Gasteiger partial charge in [0.25, 0.3) is 0 Å². The molecule has 0 saturated heterocycles. The van der Waals surface area contributed by atoms with Gasteiger partial charge in [0, 0.05) is 5.56 Å². The van der Waals surface area contributed by atoms with Crippen LogP contribution in [0.4, 0.5) is 5.95 Å². The van der Waals surface area contributed by atoms with Crippen molar-refractivity contribution in [3.8, 4) is 11.5 Å². The SMILES string of the molecule is CCOc1cccc([C@@H]2N=C(N)Nc3nc4ccccc4n32)c1O. The summed E-state index contributed by atoms with van der Waals surface area (Å²) < 4.78 is 7.39. The van der Waals surface area contributed by atoms with Crippen LogP contribution in [0.15, 0.2) is 47.5 Å². The van der Waals surface area contributed by atoms with E-state index >= 15 is 0 Å². The number of para-hydroxylation sites is 3. The molecule has 0 bridgehead atoms. The number of phenols is 1. The minimum atomic E-state index is -0.519. The molecule has 3 aromatic rings. The van der Waals surface area contributed by atoms with Gasteiger partial charge in [-0.3, -0.25) is 9.88 Å². The van der Waals surface area contributed by atoms with Gasteiger partial charge in [0.1, 0.15) is 0 Å². The van der Waals surface area contributed by atoms with Gasteiger partial charge in [0.15, 0.2) is 23.6 Å². The molecule has 1 aliphatic heterocycles. The molecule has 0 spiro atoms. The van der Waals surface area contributed by atoms with E-state index in [9.17, 15) is 5.11 Å². The van der Waals surface area contributed by atoms with E-state index in [0.29, 0.717) is 23.9 Å². The molecule has 24 heavy (non-hydrogen) atoms. The van der Waals surface area contributed by atoms with E-state index in [1.807, 2.05) is 47.9 Å². The number of aromatic nitrogens is 2. The number of fused-ring (bicyclic) bond motifs is 3. The lowest BCUT2D eigenvalue weighted by Gasteiger charge is -2.24. The third-order valence-corrected chi connectivity index (χ3v) is 3.95. The number of ether oxygens (including phenoxy) is 1. The van der Waals surface area contributed by atoms with Gasteiger partial charge in [-0.1, -0.05) is 24.3 Å². The highest BCUT2D eigenvalue weighted by Crippen LogP contribution is 2.39. The topological polar surface area (TPSA) is 97.7 Å². The van der Waals surface area contributed by atoms with E-state index in [4.69, 9.17) is 10.5 Å². The van der Waals surface area contributed by atoms with Crippen molar-refractivity contribution in [3.05, 3.63) is 48.0 Å². The molecule has 0 aliphatic carbocycles. The smallest absolute Gasteiger partial charge is 0.212 e. The molecule has 0 unspecified atom stereocenters. The van der Waals surface area contributed by atoms with E-state index < -0.39 is 6.17 Å². The molecule has 1 aromatic heterocycles. The Labute approximate surface area is 138 Å². The standard InChI is InChI=1S/C17H17N5O2/c1-2-24-13-9-5-6-10(14(13)23)15-20-16(18)21-17-19-11-7-3-4-8-12(11)22(15)17/h3-9,15,23H,2H2,1H3,(H3,18,19,20,21)/t15-/m1/s1. The lowest BCUT2D eigenvalue weighted by molar-refractivity contribution is 0.315. The van der Waals surface area contributed by atoms with Crippen LogP contribution in [0.2, 0.25) is 0 Å². The Morgan fingerprint density at radius 2 is 2.08 bits per heavy atom. The molecule has 2 heterocycles. The van der Waals surface area contributed by atoms with Crippen molar-refractivity contribution in [1.82, 2.24) is 9.55 Å². The average molecular weight is 323 g/mol. The fraction of sp³-hybridized carbons (Fsp3) is 0.176. The van der Waals surface area contributed by atoms with E-state index in [-0.39, 0.29) is 11.7 Å². The summed E-state index contributed by atoms with van der Waals surface area (Å²) in [5.41, 5.74) is 8.26. The van der Waals surface area contributed by atoms with Gasteiger partial charge in [-0.2, -0.15) is 0 Å². The maximum atomic E-state index is 10.6. The molecule has 1 aliphatic rings. The first-order valence-electron chi connectivity index (χ1n) is 7.71. The highest BCUT2D eigenvalue weighted by atomic mass is 16.5. The molecule has 0 radical (unpaired) electrons. The van der Waals surface area contributed by atoms with Crippen molar-refractivity contribution in [1.29, 1.82) is 0 Å². The zero-order valence-electron chi connectivity index (χ0n) is 13.1. The summed E-state index contributed by atoms with van der Waals surface area (Å²) in [5, 5.41) is 13.6. The fourth-order valence-electron chi connectivity index (χ4n) is 2.94.